The molecular formula is C6H9N3O3. The standard InChI is InChI=1S/C6H9N3O3/c1-4(3-12-6(7)11)5(10)2-9-8/h2,4H,3H2,1H3,(H2,7,11). The number of ether oxygens (including phenoxy) is 1. The van der Waals surface area contributed by atoms with Crippen LogP contribution in [0.1, 0.15) is 6.92 Å². The third-order valence-electron chi connectivity index (χ3n) is 1.15. The van der Waals surface area contributed by atoms with Crippen LogP contribution in [0, 0.1) is 5.92 Å². The Hall–Kier alpha value is -1.68. The van der Waals surface area contributed by atoms with Crippen LogP contribution < -0.4 is 5.73 Å². The zero-order valence-electron chi connectivity index (χ0n) is 6.56. The third kappa shape index (κ3) is 4.19. The van der Waals surface area contributed by atoms with Gasteiger partial charge in [-0.2, -0.15) is 4.79 Å². The molecule has 0 aromatic heterocycles. The number of amides is 1. The number of ketones is 1. The van der Waals surface area contributed by atoms with Gasteiger partial charge in [0.15, 0.2) is 0 Å². The topological polar surface area (TPSA) is 106 Å². The molecule has 0 aliphatic heterocycles. The summed E-state index contributed by atoms with van der Waals surface area (Å²) in [5.41, 5.74) is 12.6. The number of Topliss-reactive ketones (excluding diaryl/α,β-unsaturated/α-hetero) is 1. The normalized spacial score (nSPS) is 11.1. The molecule has 6 nitrogen and oxygen atoms in total. The van der Waals surface area contributed by atoms with Gasteiger partial charge in [-0.1, -0.05) is 6.92 Å². The molecule has 0 saturated carbocycles. The molecule has 6 heteroatoms. The van der Waals surface area contributed by atoms with Gasteiger partial charge in [0.05, 0.1) is 5.92 Å². The van der Waals surface area contributed by atoms with Crippen molar-refractivity contribution >= 4 is 18.1 Å². The van der Waals surface area contributed by atoms with E-state index in [-0.39, 0.29) is 6.61 Å². The quantitative estimate of drug-likeness (QED) is 0.353. The van der Waals surface area contributed by atoms with Crippen molar-refractivity contribution < 1.29 is 19.1 Å². The number of hydrogen-bond acceptors (Lipinski definition) is 3. The number of nitrogens with two attached hydrogens (primary N) is 1. The molecule has 0 aliphatic carbocycles. The van der Waals surface area contributed by atoms with E-state index in [4.69, 9.17) is 5.53 Å². The van der Waals surface area contributed by atoms with Gasteiger partial charge in [-0.05, 0) is 0 Å². The minimum absolute atomic E-state index is 0.111. The SMILES string of the molecule is CC(COC(N)=O)C(=O)C=[N+]=[N-]. The lowest BCUT2D eigenvalue weighted by molar-refractivity contribution is -0.120. The van der Waals surface area contributed by atoms with Crippen molar-refractivity contribution in [3.8, 4) is 0 Å². The molecule has 0 radical (unpaired) electrons. The molecule has 12 heavy (non-hydrogen) atoms. The lowest BCUT2D eigenvalue weighted by atomic mass is 10.1. The summed E-state index contributed by atoms with van der Waals surface area (Å²) in [4.78, 5) is 23.4. The minimum Gasteiger partial charge on any atom is -0.449 e. The first kappa shape index (κ1) is 10.3. The highest BCUT2D eigenvalue weighted by Gasteiger charge is 2.15. The maximum Gasteiger partial charge on any atom is 0.404 e. The number of primary amides is 1. The Morgan fingerprint density at radius 2 is 2.33 bits per heavy atom. The van der Waals surface area contributed by atoms with Crippen LogP contribution in [0.5, 0.6) is 0 Å². The number of rotatable bonds is 4. The Morgan fingerprint density at radius 3 is 2.75 bits per heavy atom. The van der Waals surface area contributed by atoms with Gasteiger partial charge in [0.2, 0.25) is 5.78 Å². The average molecular weight is 171 g/mol. The zero-order chi connectivity index (χ0) is 9.56. The molecule has 0 aliphatic rings. The number of carbonyl (C=O) groups excluding carboxylic acids is 2. The maximum atomic E-state index is 10.8. The first-order valence-corrected chi connectivity index (χ1v) is 3.21. The van der Waals surface area contributed by atoms with E-state index in [2.05, 4.69) is 15.3 Å². The molecule has 1 atom stereocenters. The number of carbonyl (C=O) groups is 2. The molecule has 0 fully saturated rings. The van der Waals surface area contributed by atoms with Crippen molar-refractivity contribution in [3.05, 3.63) is 5.53 Å². The highest BCUT2D eigenvalue weighted by molar-refractivity contribution is 6.26. The minimum atomic E-state index is -0.935. The summed E-state index contributed by atoms with van der Waals surface area (Å²) in [5.74, 6) is -0.979. The predicted molar refractivity (Wildman–Crippen MR) is 39.4 cm³/mol. The average Bonchev–Trinajstić information content (AvgIpc) is 2.00. The lowest BCUT2D eigenvalue weighted by Crippen LogP contribution is -2.23. The zero-order valence-corrected chi connectivity index (χ0v) is 6.56. The van der Waals surface area contributed by atoms with E-state index >= 15 is 0 Å². The summed E-state index contributed by atoms with van der Waals surface area (Å²) in [7, 11) is 0. The second kappa shape index (κ2) is 5.03. The fourth-order valence-electron chi connectivity index (χ4n) is 0.473. The van der Waals surface area contributed by atoms with E-state index in [0.29, 0.717) is 0 Å². The molecule has 2 N–H and O–H groups in total. The van der Waals surface area contributed by atoms with Crippen LogP contribution in [0.25, 0.3) is 5.53 Å². The van der Waals surface area contributed by atoms with E-state index in [1.165, 1.54) is 6.92 Å². The monoisotopic (exact) mass is 171 g/mol. The largest absolute Gasteiger partial charge is 0.449 e. The molecule has 0 aromatic carbocycles. The van der Waals surface area contributed by atoms with E-state index in [0.717, 1.165) is 6.21 Å². The first-order chi connectivity index (χ1) is 5.57. The van der Waals surface area contributed by atoms with Crippen LogP contribution in [0.3, 0.4) is 0 Å². The summed E-state index contributed by atoms with van der Waals surface area (Å²) in [6, 6.07) is 0. The summed E-state index contributed by atoms with van der Waals surface area (Å²) < 4.78 is 4.35. The lowest BCUT2D eigenvalue weighted by Gasteiger charge is -2.03. The summed E-state index contributed by atoms with van der Waals surface area (Å²) in [6.07, 6.45) is -0.190. The molecule has 1 amide bonds. The summed E-state index contributed by atoms with van der Waals surface area (Å²) >= 11 is 0. The van der Waals surface area contributed by atoms with Crippen molar-refractivity contribution in [2.45, 2.75) is 6.92 Å². The fraction of sp³-hybridized carbons (Fsp3) is 0.500. The van der Waals surface area contributed by atoms with Crippen molar-refractivity contribution in [1.82, 2.24) is 0 Å². The van der Waals surface area contributed by atoms with Gasteiger partial charge < -0.3 is 16.0 Å². The molecule has 0 rings (SSSR count). The van der Waals surface area contributed by atoms with Crippen molar-refractivity contribution in [2.24, 2.45) is 11.7 Å². The first-order valence-electron chi connectivity index (χ1n) is 3.21. The van der Waals surface area contributed by atoms with Crippen LogP contribution in [-0.4, -0.2) is 29.5 Å². The van der Waals surface area contributed by atoms with Gasteiger partial charge in [-0.15, -0.1) is 0 Å². The Balaban J connectivity index is 3.87. The fourth-order valence-corrected chi connectivity index (χ4v) is 0.473. The van der Waals surface area contributed by atoms with Gasteiger partial charge in [0, 0.05) is 0 Å². The Kier molecular flexibility index (Phi) is 4.33. The van der Waals surface area contributed by atoms with Crippen LogP contribution in [0.15, 0.2) is 0 Å². The summed E-state index contributed by atoms with van der Waals surface area (Å²) in [5, 5.41) is 0. The molecular weight excluding hydrogens is 162 g/mol. The van der Waals surface area contributed by atoms with Crippen LogP contribution in [0.2, 0.25) is 0 Å². The molecule has 0 spiro atoms. The van der Waals surface area contributed by atoms with E-state index < -0.39 is 17.8 Å². The third-order valence-corrected chi connectivity index (χ3v) is 1.15. The van der Waals surface area contributed by atoms with Crippen molar-refractivity contribution in [1.29, 1.82) is 0 Å². The van der Waals surface area contributed by atoms with Gasteiger partial charge in [0.1, 0.15) is 6.61 Å². The van der Waals surface area contributed by atoms with E-state index in [1.54, 1.807) is 0 Å². The maximum absolute atomic E-state index is 10.8. The summed E-state index contributed by atoms with van der Waals surface area (Å²) in [6.45, 7) is 1.41. The smallest absolute Gasteiger partial charge is 0.404 e. The van der Waals surface area contributed by atoms with E-state index in [9.17, 15) is 9.59 Å². The van der Waals surface area contributed by atoms with Gasteiger partial charge in [-0.3, -0.25) is 4.79 Å². The van der Waals surface area contributed by atoms with Gasteiger partial charge in [0.25, 0.3) is 0 Å². The van der Waals surface area contributed by atoms with Gasteiger partial charge in [-0.25, -0.2) is 4.79 Å². The highest BCUT2D eigenvalue weighted by atomic mass is 16.5. The van der Waals surface area contributed by atoms with E-state index in [1.807, 2.05) is 0 Å². The molecule has 0 aromatic rings. The van der Waals surface area contributed by atoms with Crippen LogP contribution >= 0.6 is 0 Å². The van der Waals surface area contributed by atoms with Crippen LogP contribution in [-0.2, 0) is 9.53 Å². The molecule has 0 saturated heterocycles. The highest BCUT2D eigenvalue weighted by Crippen LogP contribution is 1.95. The molecule has 0 heterocycles. The van der Waals surface area contributed by atoms with Crippen molar-refractivity contribution in [2.75, 3.05) is 6.61 Å². The Morgan fingerprint density at radius 1 is 1.75 bits per heavy atom. The second-order valence-corrected chi connectivity index (χ2v) is 2.18. The Labute approximate surface area is 68.9 Å². The molecule has 0 bridgehead atoms. The van der Waals surface area contributed by atoms with Crippen molar-refractivity contribution in [3.63, 3.8) is 0 Å². The van der Waals surface area contributed by atoms with Gasteiger partial charge >= 0.3 is 12.3 Å². The number of hydrogen-bond donors (Lipinski definition) is 1. The Bertz CT molecular complexity index is 232. The van der Waals surface area contributed by atoms with Crippen LogP contribution in [0.4, 0.5) is 4.79 Å². The number of nitrogens with zero attached hydrogens (tertiary/aromatic N) is 2. The predicted octanol–water partition coefficient (Wildman–Crippen LogP) is -0.412. The molecule has 66 valence electrons. The molecule has 1 unspecified atom stereocenters. The second-order valence-electron chi connectivity index (χ2n) is 2.18.